The number of thioether (sulfide) groups is 1. The Morgan fingerprint density at radius 3 is 2.65 bits per heavy atom. The molecule has 0 aliphatic rings. The number of nitrogens with one attached hydrogen (secondary N) is 2. The summed E-state index contributed by atoms with van der Waals surface area (Å²) in [5, 5.41) is 3.66. The topological polar surface area (TPSA) is 67.0 Å². The zero-order valence-corrected chi connectivity index (χ0v) is 15.8. The molecule has 0 bridgehead atoms. The standard InChI is InChI=1S/C20H21N3O2S/c1-13-4-9-17(14(2)10-13)22-19(24)12-26-20-21-11-18(23-20)15-5-7-16(25-3)8-6-15/h4-11H,12H2,1-3H3,(H,21,23)(H,22,24). The van der Waals surface area contributed by atoms with Gasteiger partial charge < -0.3 is 15.0 Å². The van der Waals surface area contributed by atoms with E-state index in [0.29, 0.717) is 10.9 Å². The second-order valence-electron chi connectivity index (χ2n) is 5.99. The maximum atomic E-state index is 12.2. The van der Waals surface area contributed by atoms with Crippen molar-refractivity contribution < 1.29 is 9.53 Å². The number of aromatic amines is 1. The molecule has 2 N–H and O–H groups in total. The van der Waals surface area contributed by atoms with Gasteiger partial charge in [-0.05, 0) is 55.3 Å². The number of benzene rings is 2. The molecule has 6 heteroatoms. The molecule has 0 saturated carbocycles. The van der Waals surface area contributed by atoms with Gasteiger partial charge in [-0.2, -0.15) is 0 Å². The van der Waals surface area contributed by atoms with E-state index in [2.05, 4.69) is 21.4 Å². The lowest BCUT2D eigenvalue weighted by molar-refractivity contribution is -0.113. The van der Waals surface area contributed by atoms with Gasteiger partial charge in [-0.25, -0.2) is 4.98 Å². The number of methoxy groups -OCH3 is 1. The first kappa shape index (κ1) is 18.1. The van der Waals surface area contributed by atoms with Crippen molar-refractivity contribution in [1.29, 1.82) is 0 Å². The van der Waals surface area contributed by atoms with Crippen molar-refractivity contribution in [3.05, 3.63) is 59.8 Å². The predicted molar refractivity (Wildman–Crippen MR) is 106 cm³/mol. The van der Waals surface area contributed by atoms with Crippen LogP contribution in [0.4, 0.5) is 5.69 Å². The minimum absolute atomic E-state index is 0.0515. The Bertz CT molecular complexity index is 904. The quantitative estimate of drug-likeness (QED) is 0.633. The van der Waals surface area contributed by atoms with Crippen LogP contribution in [-0.4, -0.2) is 28.7 Å². The lowest BCUT2D eigenvalue weighted by Gasteiger charge is -2.08. The van der Waals surface area contributed by atoms with Gasteiger partial charge in [0, 0.05) is 5.69 Å². The van der Waals surface area contributed by atoms with Crippen LogP contribution in [0.5, 0.6) is 5.75 Å². The van der Waals surface area contributed by atoms with Crippen molar-refractivity contribution in [3.8, 4) is 17.0 Å². The Hall–Kier alpha value is -2.73. The monoisotopic (exact) mass is 367 g/mol. The fourth-order valence-electron chi connectivity index (χ4n) is 2.57. The van der Waals surface area contributed by atoms with Gasteiger partial charge >= 0.3 is 0 Å². The summed E-state index contributed by atoms with van der Waals surface area (Å²) in [6, 6.07) is 13.7. The lowest BCUT2D eigenvalue weighted by Crippen LogP contribution is -2.15. The number of hydrogen-bond acceptors (Lipinski definition) is 4. The van der Waals surface area contributed by atoms with Gasteiger partial charge in [0.05, 0.1) is 24.8 Å². The Kier molecular flexibility index (Phi) is 5.63. The van der Waals surface area contributed by atoms with Crippen molar-refractivity contribution in [2.24, 2.45) is 0 Å². The first-order chi connectivity index (χ1) is 12.5. The molecule has 26 heavy (non-hydrogen) atoms. The number of anilines is 1. The van der Waals surface area contributed by atoms with Crippen LogP contribution in [-0.2, 0) is 4.79 Å². The van der Waals surface area contributed by atoms with E-state index in [1.54, 1.807) is 13.3 Å². The third kappa shape index (κ3) is 4.46. The summed E-state index contributed by atoms with van der Waals surface area (Å²) in [5.41, 5.74) is 5.01. The number of imidazole rings is 1. The maximum absolute atomic E-state index is 12.2. The molecule has 0 aliphatic heterocycles. The number of rotatable bonds is 6. The first-order valence-corrected chi connectivity index (χ1v) is 9.23. The lowest BCUT2D eigenvalue weighted by atomic mass is 10.1. The van der Waals surface area contributed by atoms with E-state index in [0.717, 1.165) is 28.3 Å². The summed E-state index contributed by atoms with van der Waals surface area (Å²) in [7, 11) is 1.64. The number of carbonyl (C=O) groups excluding carboxylic acids is 1. The van der Waals surface area contributed by atoms with Crippen molar-refractivity contribution in [3.63, 3.8) is 0 Å². The van der Waals surface area contributed by atoms with E-state index >= 15 is 0 Å². The third-order valence-electron chi connectivity index (χ3n) is 3.95. The molecule has 0 saturated heterocycles. The molecule has 1 heterocycles. The summed E-state index contributed by atoms with van der Waals surface area (Å²) in [4.78, 5) is 19.8. The second kappa shape index (κ2) is 8.10. The zero-order valence-electron chi connectivity index (χ0n) is 15.0. The normalized spacial score (nSPS) is 10.6. The Balaban J connectivity index is 1.58. The van der Waals surface area contributed by atoms with Crippen LogP contribution >= 0.6 is 11.8 Å². The van der Waals surface area contributed by atoms with E-state index in [1.165, 1.54) is 17.3 Å². The molecule has 1 aromatic heterocycles. The number of aryl methyl sites for hydroxylation is 2. The number of amides is 1. The highest BCUT2D eigenvalue weighted by molar-refractivity contribution is 7.99. The van der Waals surface area contributed by atoms with Gasteiger partial charge in [0.25, 0.3) is 0 Å². The molecule has 0 fully saturated rings. The number of carbonyl (C=O) groups is 1. The highest BCUT2D eigenvalue weighted by atomic mass is 32.2. The van der Waals surface area contributed by atoms with Crippen LogP contribution in [0.3, 0.4) is 0 Å². The van der Waals surface area contributed by atoms with Gasteiger partial charge in [-0.15, -0.1) is 0 Å². The van der Waals surface area contributed by atoms with E-state index < -0.39 is 0 Å². The van der Waals surface area contributed by atoms with E-state index in [9.17, 15) is 4.79 Å². The van der Waals surface area contributed by atoms with E-state index in [-0.39, 0.29) is 5.91 Å². The van der Waals surface area contributed by atoms with Crippen molar-refractivity contribution in [2.75, 3.05) is 18.2 Å². The van der Waals surface area contributed by atoms with Crippen molar-refractivity contribution >= 4 is 23.4 Å². The Morgan fingerprint density at radius 1 is 1.19 bits per heavy atom. The Labute approximate surface area is 157 Å². The molecule has 0 unspecified atom stereocenters. The summed E-state index contributed by atoms with van der Waals surface area (Å²) >= 11 is 1.38. The molecular weight excluding hydrogens is 346 g/mol. The first-order valence-electron chi connectivity index (χ1n) is 8.24. The number of aromatic nitrogens is 2. The minimum Gasteiger partial charge on any atom is -0.497 e. The molecule has 1 amide bonds. The second-order valence-corrected chi connectivity index (χ2v) is 6.95. The van der Waals surface area contributed by atoms with Gasteiger partial charge in [0.15, 0.2) is 5.16 Å². The highest BCUT2D eigenvalue weighted by Gasteiger charge is 2.09. The number of H-pyrrole nitrogens is 1. The van der Waals surface area contributed by atoms with E-state index in [1.807, 2.05) is 50.2 Å². The molecule has 0 radical (unpaired) electrons. The van der Waals surface area contributed by atoms with Crippen LogP contribution in [0.1, 0.15) is 11.1 Å². The third-order valence-corrected chi connectivity index (χ3v) is 4.84. The molecular formula is C20H21N3O2S. The molecule has 3 aromatic rings. The smallest absolute Gasteiger partial charge is 0.234 e. The van der Waals surface area contributed by atoms with Crippen LogP contribution < -0.4 is 10.1 Å². The van der Waals surface area contributed by atoms with Crippen LogP contribution in [0.2, 0.25) is 0 Å². The molecule has 0 spiro atoms. The highest BCUT2D eigenvalue weighted by Crippen LogP contribution is 2.24. The number of hydrogen-bond donors (Lipinski definition) is 2. The van der Waals surface area contributed by atoms with Gasteiger partial charge in [0.2, 0.25) is 5.91 Å². The summed E-state index contributed by atoms with van der Waals surface area (Å²) in [5.74, 6) is 1.05. The van der Waals surface area contributed by atoms with Gasteiger partial charge in [-0.1, -0.05) is 29.5 Å². The SMILES string of the molecule is COc1ccc(-c2cnc(SCC(=O)Nc3ccc(C)cc3C)[nH]2)cc1. The summed E-state index contributed by atoms with van der Waals surface area (Å²) in [6.07, 6.45) is 1.77. The summed E-state index contributed by atoms with van der Waals surface area (Å²) < 4.78 is 5.16. The molecule has 134 valence electrons. The molecule has 0 aliphatic carbocycles. The fraction of sp³-hybridized carbons (Fsp3) is 0.200. The maximum Gasteiger partial charge on any atom is 0.234 e. The van der Waals surface area contributed by atoms with Crippen molar-refractivity contribution in [2.45, 2.75) is 19.0 Å². The zero-order chi connectivity index (χ0) is 18.5. The Morgan fingerprint density at radius 2 is 1.96 bits per heavy atom. The number of nitrogens with zero attached hydrogens (tertiary/aromatic N) is 1. The average molecular weight is 367 g/mol. The van der Waals surface area contributed by atoms with Crippen LogP contribution in [0.15, 0.2) is 53.8 Å². The van der Waals surface area contributed by atoms with Gasteiger partial charge in [0.1, 0.15) is 5.75 Å². The van der Waals surface area contributed by atoms with Gasteiger partial charge in [-0.3, -0.25) is 4.79 Å². The van der Waals surface area contributed by atoms with Crippen LogP contribution in [0.25, 0.3) is 11.3 Å². The largest absolute Gasteiger partial charge is 0.497 e. The minimum atomic E-state index is -0.0515. The predicted octanol–water partition coefficient (Wildman–Crippen LogP) is 4.43. The van der Waals surface area contributed by atoms with Crippen molar-refractivity contribution in [1.82, 2.24) is 9.97 Å². The van der Waals surface area contributed by atoms with Crippen LogP contribution in [0, 0.1) is 13.8 Å². The molecule has 2 aromatic carbocycles. The average Bonchev–Trinajstić information content (AvgIpc) is 3.11. The molecule has 5 nitrogen and oxygen atoms in total. The fourth-order valence-corrected chi connectivity index (χ4v) is 3.22. The molecule has 0 atom stereocenters. The number of ether oxygens (including phenoxy) is 1. The molecule has 3 rings (SSSR count). The summed E-state index contributed by atoms with van der Waals surface area (Å²) in [6.45, 7) is 4.02. The van der Waals surface area contributed by atoms with E-state index in [4.69, 9.17) is 4.74 Å².